The van der Waals surface area contributed by atoms with Crippen molar-refractivity contribution in [1.82, 2.24) is 20.4 Å². The standard InChI is InChI=1S/C23H22ClFN4OS/c1-13(2)12-29-14(3)19(20(26-23(29)31)15-4-8-17(24)9-5-15)22-27-21(28-30-22)16-6-10-18(25)11-7-16/h4-11,13,20H,12H2,1-3H3,(H,26,31). The SMILES string of the molecule is CC1=C(c2nc(-c3ccc(F)cc3)no2)C(c2ccc(Cl)cc2)NC(=S)N1CC(C)C. The van der Waals surface area contributed by atoms with Gasteiger partial charge in [0.2, 0.25) is 5.82 Å². The third kappa shape index (κ3) is 4.48. The molecule has 5 nitrogen and oxygen atoms in total. The van der Waals surface area contributed by atoms with Gasteiger partial charge in [-0.15, -0.1) is 0 Å². The van der Waals surface area contributed by atoms with Crippen LogP contribution in [0.4, 0.5) is 4.39 Å². The van der Waals surface area contributed by atoms with Crippen LogP contribution in [0.25, 0.3) is 17.0 Å². The predicted octanol–water partition coefficient (Wildman–Crippen LogP) is 5.85. The van der Waals surface area contributed by atoms with E-state index in [0.29, 0.717) is 33.3 Å². The van der Waals surface area contributed by atoms with Gasteiger partial charge >= 0.3 is 0 Å². The van der Waals surface area contributed by atoms with Crippen LogP contribution in [0.15, 0.2) is 58.8 Å². The molecule has 0 bridgehead atoms. The molecule has 2 heterocycles. The molecular formula is C23H22ClFN4OS. The number of hydrogen-bond acceptors (Lipinski definition) is 4. The van der Waals surface area contributed by atoms with Crippen molar-refractivity contribution >= 4 is 34.5 Å². The minimum atomic E-state index is -0.317. The number of allylic oxidation sites excluding steroid dienone is 1. The van der Waals surface area contributed by atoms with Crippen LogP contribution in [0, 0.1) is 11.7 Å². The molecule has 0 radical (unpaired) electrons. The molecule has 0 fully saturated rings. The largest absolute Gasteiger partial charge is 0.351 e. The molecule has 0 amide bonds. The number of nitrogens with one attached hydrogen (secondary N) is 1. The summed E-state index contributed by atoms with van der Waals surface area (Å²) < 4.78 is 19.0. The summed E-state index contributed by atoms with van der Waals surface area (Å²) in [5.74, 6) is 0.873. The molecular weight excluding hydrogens is 435 g/mol. The number of rotatable bonds is 5. The van der Waals surface area contributed by atoms with Crippen LogP contribution in [-0.2, 0) is 0 Å². The van der Waals surface area contributed by atoms with E-state index >= 15 is 0 Å². The zero-order chi connectivity index (χ0) is 22.1. The Morgan fingerprint density at radius 2 is 1.84 bits per heavy atom. The fraction of sp³-hybridized carbons (Fsp3) is 0.261. The minimum absolute atomic E-state index is 0.269. The van der Waals surface area contributed by atoms with Gasteiger partial charge in [-0.1, -0.05) is 42.7 Å². The van der Waals surface area contributed by atoms with Crippen LogP contribution in [0.1, 0.15) is 38.3 Å². The highest BCUT2D eigenvalue weighted by atomic mass is 35.5. The summed E-state index contributed by atoms with van der Waals surface area (Å²) in [6, 6.07) is 13.3. The summed E-state index contributed by atoms with van der Waals surface area (Å²) in [5.41, 5.74) is 3.45. The predicted molar refractivity (Wildman–Crippen MR) is 124 cm³/mol. The highest BCUT2D eigenvalue weighted by Crippen LogP contribution is 2.38. The molecule has 1 N–H and O–H groups in total. The average molecular weight is 457 g/mol. The van der Waals surface area contributed by atoms with E-state index in [1.807, 2.05) is 31.2 Å². The number of thiocarbonyl (C=S) groups is 1. The van der Waals surface area contributed by atoms with Gasteiger partial charge in [-0.05, 0) is 67.0 Å². The Bertz CT molecular complexity index is 1130. The van der Waals surface area contributed by atoms with Gasteiger partial charge < -0.3 is 14.7 Å². The summed E-state index contributed by atoms with van der Waals surface area (Å²) in [6.45, 7) is 7.05. The maximum Gasteiger partial charge on any atom is 0.258 e. The van der Waals surface area contributed by atoms with Crippen molar-refractivity contribution in [2.24, 2.45) is 5.92 Å². The monoisotopic (exact) mass is 456 g/mol. The quantitative estimate of drug-likeness (QED) is 0.486. The second kappa shape index (κ2) is 8.77. The van der Waals surface area contributed by atoms with Gasteiger partial charge in [-0.3, -0.25) is 0 Å². The van der Waals surface area contributed by atoms with Crippen molar-refractivity contribution in [2.75, 3.05) is 6.54 Å². The molecule has 31 heavy (non-hydrogen) atoms. The third-order valence-corrected chi connectivity index (χ3v) is 5.70. The maximum absolute atomic E-state index is 13.3. The smallest absolute Gasteiger partial charge is 0.258 e. The number of benzene rings is 2. The van der Waals surface area contributed by atoms with Crippen molar-refractivity contribution in [1.29, 1.82) is 0 Å². The summed E-state index contributed by atoms with van der Waals surface area (Å²) >= 11 is 11.8. The molecule has 1 aliphatic rings. The van der Waals surface area contributed by atoms with Gasteiger partial charge in [0.1, 0.15) is 5.82 Å². The number of nitrogens with zero attached hydrogens (tertiary/aromatic N) is 3. The Balaban J connectivity index is 1.80. The lowest BCUT2D eigenvalue weighted by molar-refractivity contribution is 0.386. The van der Waals surface area contributed by atoms with E-state index in [4.69, 9.17) is 28.3 Å². The molecule has 2 aromatic carbocycles. The van der Waals surface area contributed by atoms with Crippen molar-refractivity contribution in [3.05, 3.63) is 76.5 Å². The molecule has 1 aromatic heterocycles. The van der Waals surface area contributed by atoms with Crippen LogP contribution in [0.3, 0.4) is 0 Å². The van der Waals surface area contributed by atoms with Crippen molar-refractivity contribution in [2.45, 2.75) is 26.8 Å². The van der Waals surface area contributed by atoms with Crippen LogP contribution in [0.2, 0.25) is 5.02 Å². The van der Waals surface area contributed by atoms with Crippen molar-refractivity contribution in [3.8, 4) is 11.4 Å². The van der Waals surface area contributed by atoms with Crippen molar-refractivity contribution in [3.63, 3.8) is 0 Å². The Morgan fingerprint density at radius 1 is 1.16 bits per heavy atom. The molecule has 160 valence electrons. The fourth-order valence-electron chi connectivity index (χ4n) is 3.60. The van der Waals surface area contributed by atoms with Crippen LogP contribution >= 0.6 is 23.8 Å². The maximum atomic E-state index is 13.3. The Morgan fingerprint density at radius 3 is 2.48 bits per heavy atom. The van der Waals surface area contributed by atoms with Crippen molar-refractivity contribution < 1.29 is 8.91 Å². The van der Waals surface area contributed by atoms with E-state index in [2.05, 4.69) is 34.2 Å². The molecule has 0 saturated carbocycles. The van der Waals surface area contributed by atoms with E-state index in [1.165, 1.54) is 12.1 Å². The first-order chi connectivity index (χ1) is 14.8. The van der Waals surface area contributed by atoms with Gasteiger partial charge in [-0.2, -0.15) is 4.98 Å². The number of halogens is 2. The first-order valence-corrected chi connectivity index (χ1v) is 10.8. The molecule has 3 aromatic rings. The first-order valence-electron chi connectivity index (χ1n) is 9.97. The average Bonchev–Trinajstić information content (AvgIpc) is 3.21. The molecule has 1 unspecified atom stereocenters. The highest BCUT2D eigenvalue weighted by molar-refractivity contribution is 7.80. The van der Waals surface area contributed by atoms with E-state index < -0.39 is 0 Å². The summed E-state index contributed by atoms with van der Waals surface area (Å²) in [4.78, 5) is 6.68. The van der Waals surface area contributed by atoms with Crippen LogP contribution in [-0.4, -0.2) is 26.7 Å². The lowest BCUT2D eigenvalue weighted by Crippen LogP contribution is -2.47. The second-order valence-electron chi connectivity index (χ2n) is 7.87. The molecule has 4 rings (SSSR count). The number of hydrogen-bond donors (Lipinski definition) is 1. The Hall–Kier alpha value is -2.77. The summed E-state index contributed by atoms with van der Waals surface area (Å²) in [6.07, 6.45) is 0. The summed E-state index contributed by atoms with van der Waals surface area (Å²) in [5, 5.41) is 8.85. The van der Waals surface area contributed by atoms with Gasteiger partial charge in [0.05, 0.1) is 11.6 Å². The topological polar surface area (TPSA) is 54.2 Å². The van der Waals surface area contributed by atoms with Crippen LogP contribution < -0.4 is 5.32 Å². The van der Waals surface area contributed by atoms with E-state index in [9.17, 15) is 4.39 Å². The normalized spacial score (nSPS) is 16.8. The summed E-state index contributed by atoms with van der Waals surface area (Å²) in [7, 11) is 0. The first kappa shape index (κ1) is 21.5. The molecule has 1 aliphatic heterocycles. The molecule has 0 aliphatic carbocycles. The van der Waals surface area contributed by atoms with Gasteiger partial charge in [0.25, 0.3) is 5.89 Å². The Kier molecular flexibility index (Phi) is 6.07. The Labute approximate surface area is 190 Å². The van der Waals surface area contributed by atoms with E-state index in [-0.39, 0.29) is 11.9 Å². The molecule has 0 spiro atoms. The lowest BCUT2D eigenvalue weighted by atomic mass is 9.94. The van der Waals surface area contributed by atoms with E-state index in [1.54, 1.807) is 12.1 Å². The van der Waals surface area contributed by atoms with Gasteiger partial charge in [0, 0.05) is 22.8 Å². The van der Waals surface area contributed by atoms with Crippen LogP contribution in [0.5, 0.6) is 0 Å². The minimum Gasteiger partial charge on any atom is -0.351 e. The molecule has 8 heteroatoms. The number of aromatic nitrogens is 2. The lowest BCUT2D eigenvalue weighted by Gasteiger charge is -2.38. The molecule has 1 atom stereocenters. The highest BCUT2D eigenvalue weighted by Gasteiger charge is 2.34. The fourth-order valence-corrected chi connectivity index (χ4v) is 4.05. The second-order valence-corrected chi connectivity index (χ2v) is 8.69. The van der Waals surface area contributed by atoms with Gasteiger partial charge in [0.15, 0.2) is 5.11 Å². The zero-order valence-corrected chi connectivity index (χ0v) is 19.0. The third-order valence-electron chi connectivity index (χ3n) is 5.11. The zero-order valence-electron chi connectivity index (χ0n) is 17.4. The van der Waals surface area contributed by atoms with Gasteiger partial charge in [-0.25, -0.2) is 4.39 Å². The molecule has 0 saturated heterocycles. The van der Waals surface area contributed by atoms with E-state index in [0.717, 1.165) is 23.4 Å².